The molecule has 0 radical (unpaired) electrons. The van der Waals surface area contributed by atoms with Crippen molar-refractivity contribution >= 4 is 12.0 Å². The first kappa shape index (κ1) is 13.4. The molecule has 1 aliphatic carbocycles. The molecule has 1 aromatic rings. The van der Waals surface area contributed by atoms with E-state index in [0.29, 0.717) is 25.8 Å². The molecular formula is C12H18N4O3. The molecule has 0 spiro atoms. The number of amides is 2. The maximum Gasteiger partial charge on any atom is 0.315 e. The third-order valence-electron chi connectivity index (χ3n) is 3.35. The summed E-state index contributed by atoms with van der Waals surface area (Å²) in [4.78, 5) is 29.2. The van der Waals surface area contributed by atoms with Gasteiger partial charge in [0.2, 0.25) is 0 Å². The summed E-state index contributed by atoms with van der Waals surface area (Å²) < 4.78 is 0. The third-order valence-corrected chi connectivity index (χ3v) is 3.35. The van der Waals surface area contributed by atoms with Crippen LogP contribution in [0.2, 0.25) is 0 Å². The molecule has 1 saturated carbocycles. The summed E-state index contributed by atoms with van der Waals surface area (Å²) in [6.07, 6.45) is 5.88. The normalized spacial score (nSPS) is 22.1. The predicted octanol–water partition coefficient (Wildman–Crippen LogP) is 0.505. The number of nitrogens with one attached hydrogen (secondary N) is 3. The first-order valence-electron chi connectivity index (χ1n) is 6.39. The predicted molar refractivity (Wildman–Crippen MR) is 67.6 cm³/mol. The summed E-state index contributed by atoms with van der Waals surface area (Å²) >= 11 is 0. The molecule has 1 heterocycles. The Labute approximate surface area is 110 Å². The zero-order valence-electron chi connectivity index (χ0n) is 10.6. The van der Waals surface area contributed by atoms with Crippen LogP contribution in [-0.2, 0) is 11.2 Å². The lowest BCUT2D eigenvalue weighted by molar-refractivity contribution is -0.141. The number of hydrogen-bond donors (Lipinski definition) is 4. The molecule has 2 rings (SSSR count). The SMILES string of the molecule is O=C(NCCc1cnc[nH]1)NC1CCC(C(=O)O)C1. The minimum atomic E-state index is -0.774. The van der Waals surface area contributed by atoms with E-state index in [2.05, 4.69) is 20.6 Å². The smallest absolute Gasteiger partial charge is 0.315 e. The average Bonchev–Trinajstić information content (AvgIpc) is 3.00. The molecule has 19 heavy (non-hydrogen) atoms. The number of rotatable bonds is 5. The lowest BCUT2D eigenvalue weighted by atomic mass is 10.1. The molecule has 0 aromatic carbocycles. The number of nitrogens with zero attached hydrogens (tertiary/aromatic N) is 1. The maximum absolute atomic E-state index is 11.6. The molecule has 1 aromatic heterocycles. The molecule has 2 unspecified atom stereocenters. The van der Waals surface area contributed by atoms with Crippen molar-refractivity contribution in [2.45, 2.75) is 31.7 Å². The van der Waals surface area contributed by atoms with Gasteiger partial charge in [0.15, 0.2) is 0 Å². The quantitative estimate of drug-likeness (QED) is 0.622. The second kappa shape index (κ2) is 6.21. The number of carboxylic acids is 1. The van der Waals surface area contributed by atoms with Crippen LogP contribution in [0.1, 0.15) is 25.0 Å². The molecule has 4 N–H and O–H groups in total. The van der Waals surface area contributed by atoms with Gasteiger partial charge in [0.1, 0.15) is 0 Å². The summed E-state index contributed by atoms with van der Waals surface area (Å²) in [6.45, 7) is 0.517. The summed E-state index contributed by atoms with van der Waals surface area (Å²) in [6, 6.07) is -0.274. The molecule has 0 bridgehead atoms. The van der Waals surface area contributed by atoms with Crippen molar-refractivity contribution < 1.29 is 14.7 Å². The number of imidazole rings is 1. The molecule has 104 valence electrons. The van der Waals surface area contributed by atoms with Gasteiger partial charge < -0.3 is 20.7 Å². The summed E-state index contributed by atoms with van der Waals surface area (Å²) in [5.74, 6) is -1.10. The van der Waals surface area contributed by atoms with Crippen LogP contribution < -0.4 is 10.6 Å². The van der Waals surface area contributed by atoms with Gasteiger partial charge in [0.25, 0.3) is 0 Å². The lowest BCUT2D eigenvalue weighted by Gasteiger charge is -2.13. The Morgan fingerprint density at radius 3 is 2.95 bits per heavy atom. The van der Waals surface area contributed by atoms with Gasteiger partial charge in [-0.15, -0.1) is 0 Å². The van der Waals surface area contributed by atoms with E-state index in [1.165, 1.54) is 0 Å². The van der Waals surface area contributed by atoms with Crippen LogP contribution in [0.5, 0.6) is 0 Å². The van der Waals surface area contributed by atoms with Gasteiger partial charge in [-0.3, -0.25) is 4.79 Å². The Morgan fingerprint density at radius 1 is 1.47 bits per heavy atom. The van der Waals surface area contributed by atoms with E-state index in [0.717, 1.165) is 12.1 Å². The first-order valence-corrected chi connectivity index (χ1v) is 6.39. The van der Waals surface area contributed by atoms with Crippen LogP contribution in [0.4, 0.5) is 4.79 Å². The number of H-pyrrole nitrogens is 1. The summed E-state index contributed by atoms with van der Waals surface area (Å²) in [7, 11) is 0. The van der Waals surface area contributed by atoms with Crippen LogP contribution in [0.3, 0.4) is 0 Å². The highest BCUT2D eigenvalue weighted by Crippen LogP contribution is 2.25. The number of urea groups is 1. The molecule has 2 atom stereocenters. The van der Waals surface area contributed by atoms with Crippen LogP contribution in [0, 0.1) is 5.92 Å². The molecule has 0 saturated heterocycles. The van der Waals surface area contributed by atoms with E-state index in [9.17, 15) is 9.59 Å². The first-order chi connectivity index (χ1) is 9.15. The maximum atomic E-state index is 11.6. The van der Waals surface area contributed by atoms with Gasteiger partial charge in [-0.1, -0.05) is 0 Å². The average molecular weight is 266 g/mol. The Hall–Kier alpha value is -2.05. The van der Waals surface area contributed by atoms with E-state index >= 15 is 0 Å². The standard InChI is InChI=1S/C12H18N4O3/c17-11(18)8-1-2-9(5-8)16-12(19)14-4-3-10-6-13-7-15-10/h6-9H,1-5H2,(H,13,15)(H,17,18)(H2,14,16,19). The number of carboxylic acid groups (broad SMARTS) is 1. The molecular weight excluding hydrogens is 248 g/mol. The second-order valence-corrected chi connectivity index (χ2v) is 4.77. The van der Waals surface area contributed by atoms with Crippen molar-refractivity contribution in [2.75, 3.05) is 6.54 Å². The fraction of sp³-hybridized carbons (Fsp3) is 0.583. The van der Waals surface area contributed by atoms with E-state index in [1.54, 1.807) is 12.5 Å². The topological polar surface area (TPSA) is 107 Å². The van der Waals surface area contributed by atoms with Crippen LogP contribution in [0.15, 0.2) is 12.5 Å². The van der Waals surface area contributed by atoms with Crippen LogP contribution in [-0.4, -0.2) is 39.7 Å². The van der Waals surface area contributed by atoms with Crippen molar-refractivity contribution in [1.82, 2.24) is 20.6 Å². The van der Waals surface area contributed by atoms with Gasteiger partial charge in [0.05, 0.1) is 12.2 Å². The molecule has 7 nitrogen and oxygen atoms in total. The van der Waals surface area contributed by atoms with E-state index in [4.69, 9.17) is 5.11 Å². The number of hydrogen-bond acceptors (Lipinski definition) is 3. The second-order valence-electron chi connectivity index (χ2n) is 4.77. The lowest BCUT2D eigenvalue weighted by Crippen LogP contribution is -2.41. The highest BCUT2D eigenvalue weighted by molar-refractivity contribution is 5.75. The van der Waals surface area contributed by atoms with Gasteiger partial charge in [-0.25, -0.2) is 9.78 Å². The largest absolute Gasteiger partial charge is 0.481 e. The zero-order chi connectivity index (χ0) is 13.7. The van der Waals surface area contributed by atoms with Gasteiger partial charge in [-0.2, -0.15) is 0 Å². The van der Waals surface area contributed by atoms with Crippen molar-refractivity contribution in [1.29, 1.82) is 0 Å². The summed E-state index contributed by atoms with van der Waals surface area (Å²) in [5.41, 5.74) is 0.965. The highest BCUT2D eigenvalue weighted by Gasteiger charge is 2.30. The van der Waals surface area contributed by atoms with E-state index < -0.39 is 5.97 Å². The van der Waals surface area contributed by atoms with Crippen molar-refractivity contribution in [3.63, 3.8) is 0 Å². The van der Waals surface area contributed by atoms with Crippen molar-refractivity contribution in [3.05, 3.63) is 18.2 Å². The monoisotopic (exact) mass is 266 g/mol. The summed E-state index contributed by atoms with van der Waals surface area (Å²) in [5, 5.41) is 14.4. The Kier molecular flexibility index (Phi) is 4.38. The van der Waals surface area contributed by atoms with Gasteiger partial charge >= 0.3 is 12.0 Å². The number of aromatic amines is 1. The van der Waals surface area contributed by atoms with Gasteiger partial charge in [0, 0.05) is 30.9 Å². The number of aromatic nitrogens is 2. The highest BCUT2D eigenvalue weighted by atomic mass is 16.4. The van der Waals surface area contributed by atoms with E-state index in [1.807, 2.05) is 0 Å². The van der Waals surface area contributed by atoms with Crippen LogP contribution in [0.25, 0.3) is 0 Å². The zero-order valence-corrected chi connectivity index (χ0v) is 10.6. The molecule has 7 heteroatoms. The molecule has 2 amide bonds. The fourth-order valence-electron chi connectivity index (χ4n) is 2.31. The Morgan fingerprint density at radius 2 is 2.32 bits per heavy atom. The number of carbonyl (C=O) groups excluding carboxylic acids is 1. The fourth-order valence-corrected chi connectivity index (χ4v) is 2.31. The molecule has 0 aliphatic heterocycles. The molecule has 1 fully saturated rings. The van der Waals surface area contributed by atoms with E-state index in [-0.39, 0.29) is 18.0 Å². The van der Waals surface area contributed by atoms with Crippen LogP contribution >= 0.6 is 0 Å². The molecule has 1 aliphatic rings. The van der Waals surface area contributed by atoms with Crippen molar-refractivity contribution in [2.24, 2.45) is 5.92 Å². The van der Waals surface area contributed by atoms with Gasteiger partial charge in [-0.05, 0) is 19.3 Å². The minimum absolute atomic E-state index is 0.0340. The Balaban J connectivity index is 1.63. The number of carbonyl (C=O) groups is 2. The Bertz CT molecular complexity index is 432. The minimum Gasteiger partial charge on any atom is -0.481 e. The van der Waals surface area contributed by atoms with Crippen molar-refractivity contribution in [3.8, 4) is 0 Å². The third kappa shape index (κ3) is 3.97. The number of aliphatic carboxylic acids is 1.